The molecule has 11 heteroatoms. The second-order valence-electron chi connectivity index (χ2n) is 12.6. The Labute approximate surface area is 260 Å². The van der Waals surface area contributed by atoms with Crippen LogP contribution in [0.4, 0.5) is 9.59 Å². The number of aliphatic hydroxyl groups excluding tert-OH is 1. The molecule has 5 N–H and O–H groups in total. The van der Waals surface area contributed by atoms with Gasteiger partial charge < -0.3 is 35.8 Å². The van der Waals surface area contributed by atoms with Gasteiger partial charge in [-0.05, 0) is 65.5 Å². The van der Waals surface area contributed by atoms with E-state index in [4.69, 9.17) is 9.47 Å². The maximum atomic E-state index is 13.2. The summed E-state index contributed by atoms with van der Waals surface area (Å²) in [4.78, 5) is 51.1. The fraction of sp³-hybridized carbons (Fsp3) is 0.515. The first-order valence-corrected chi connectivity index (χ1v) is 14.9. The Morgan fingerprint density at radius 2 is 1.11 bits per heavy atom. The highest BCUT2D eigenvalue weighted by Gasteiger charge is 2.27. The third-order valence-electron chi connectivity index (χ3n) is 6.18. The maximum absolute atomic E-state index is 13.2. The number of carbonyl (C=O) groups is 4. The van der Waals surface area contributed by atoms with Crippen LogP contribution >= 0.6 is 0 Å². The highest BCUT2D eigenvalue weighted by Crippen LogP contribution is 2.11. The Kier molecular flexibility index (Phi) is 14.1. The zero-order chi connectivity index (χ0) is 32.8. The molecule has 0 bridgehead atoms. The van der Waals surface area contributed by atoms with E-state index >= 15 is 0 Å². The molecule has 0 saturated heterocycles. The summed E-state index contributed by atoms with van der Waals surface area (Å²) in [5.74, 6) is -0.846. The Bertz CT molecular complexity index is 1190. The summed E-state index contributed by atoms with van der Waals surface area (Å²) >= 11 is 0. The molecule has 4 amide bonds. The second-order valence-corrected chi connectivity index (χ2v) is 12.6. The number of aliphatic hydroxyl groups is 1. The highest BCUT2D eigenvalue weighted by atomic mass is 16.6. The number of hydrogen-bond acceptors (Lipinski definition) is 7. The van der Waals surface area contributed by atoms with Crippen molar-refractivity contribution >= 4 is 24.0 Å². The molecular weight excluding hydrogens is 564 g/mol. The first-order valence-electron chi connectivity index (χ1n) is 14.9. The summed E-state index contributed by atoms with van der Waals surface area (Å²) in [5.41, 5.74) is 0.261. The smallest absolute Gasteiger partial charge is 0.408 e. The van der Waals surface area contributed by atoms with Crippen molar-refractivity contribution < 1.29 is 33.8 Å². The molecule has 242 valence electrons. The van der Waals surface area contributed by atoms with E-state index in [1.165, 1.54) is 0 Å². The van der Waals surface area contributed by atoms with Crippen LogP contribution in [0.1, 0.15) is 65.5 Å². The lowest BCUT2D eigenvalue weighted by atomic mass is 10.0. The van der Waals surface area contributed by atoms with E-state index in [0.717, 1.165) is 11.1 Å². The largest absolute Gasteiger partial charge is 0.444 e. The van der Waals surface area contributed by atoms with Crippen LogP contribution in [-0.4, -0.2) is 71.6 Å². The molecule has 0 fully saturated rings. The predicted molar refractivity (Wildman–Crippen MR) is 168 cm³/mol. The summed E-state index contributed by atoms with van der Waals surface area (Å²) in [5, 5.41) is 20.9. The predicted octanol–water partition coefficient (Wildman–Crippen LogP) is 3.63. The number of hydrogen-bond donors (Lipinski definition) is 5. The average molecular weight is 613 g/mol. The summed E-state index contributed by atoms with van der Waals surface area (Å²) in [6.07, 6.45) is -0.119. The molecule has 0 aromatic heterocycles. The van der Waals surface area contributed by atoms with E-state index in [2.05, 4.69) is 21.3 Å². The minimum absolute atomic E-state index is 0.230. The normalized spacial score (nSPS) is 13.5. The van der Waals surface area contributed by atoms with Crippen molar-refractivity contribution in [3.63, 3.8) is 0 Å². The molecule has 0 saturated carbocycles. The van der Waals surface area contributed by atoms with Crippen LogP contribution in [0.25, 0.3) is 0 Å². The first kappa shape index (κ1) is 36.1. The van der Waals surface area contributed by atoms with Gasteiger partial charge >= 0.3 is 12.2 Å². The molecule has 0 spiro atoms. The van der Waals surface area contributed by atoms with Crippen molar-refractivity contribution in [2.45, 2.75) is 96.6 Å². The van der Waals surface area contributed by atoms with Crippen LogP contribution < -0.4 is 21.3 Å². The van der Waals surface area contributed by atoms with Crippen molar-refractivity contribution in [2.75, 3.05) is 13.2 Å². The van der Waals surface area contributed by atoms with E-state index < -0.39 is 47.4 Å². The number of carbonyl (C=O) groups excluding carboxylic acids is 4. The van der Waals surface area contributed by atoms with Crippen LogP contribution in [0.3, 0.4) is 0 Å². The van der Waals surface area contributed by atoms with Gasteiger partial charge in [0, 0.05) is 19.4 Å². The average Bonchev–Trinajstić information content (AvgIpc) is 2.92. The van der Waals surface area contributed by atoms with Gasteiger partial charge in [0.15, 0.2) is 0 Å². The molecule has 2 aromatic rings. The highest BCUT2D eigenvalue weighted by molar-refractivity contribution is 5.86. The molecule has 0 aliphatic rings. The van der Waals surface area contributed by atoms with Crippen LogP contribution in [0.15, 0.2) is 60.7 Å². The van der Waals surface area contributed by atoms with Crippen molar-refractivity contribution in [3.8, 4) is 0 Å². The summed E-state index contributed by atoms with van der Waals surface area (Å²) in [6.45, 7) is 10.3. The van der Waals surface area contributed by atoms with Gasteiger partial charge in [-0.25, -0.2) is 9.59 Å². The standard InChI is InChI=1S/C33H48N4O7/c1-32(2,3)43-30(41)36-26(20-23-14-9-7-10-15-23)28(39)34-19-13-18-25(22-38)35-29(40)27(21-24-16-11-8-12-17-24)37-31(42)44-33(4,5)6/h7-12,14-17,25-27,38H,13,18-22H2,1-6H3,(H,34,39)(H,35,40)(H,36,41)(H,37,42). The van der Waals surface area contributed by atoms with Crippen LogP contribution in [-0.2, 0) is 31.9 Å². The maximum Gasteiger partial charge on any atom is 0.408 e. The second kappa shape index (κ2) is 17.2. The number of alkyl carbamates (subject to hydrolysis) is 2. The van der Waals surface area contributed by atoms with Gasteiger partial charge in [-0.15, -0.1) is 0 Å². The van der Waals surface area contributed by atoms with Crippen LogP contribution in [0, 0.1) is 0 Å². The van der Waals surface area contributed by atoms with Gasteiger partial charge in [0.05, 0.1) is 12.6 Å². The topological polar surface area (TPSA) is 155 Å². The Morgan fingerprint density at radius 1 is 0.682 bits per heavy atom. The lowest BCUT2D eigenvalue weighted by Gasteiger charge is -2.25. The van der Waals surface area contributed by atoms with E-state index in [1.54, 1.807) is 41.5 Å². The van der Waals surface area contributed by atoms with Crippen LogP contribution in [0.2, 0.25) is 0 Å². The van der Waals surface area contributed by atoms with Gasteiger partial charge in [0.1, 0.15) is 23.3 Å². The monoisotopic (exact) mass is 612 g/mol. The molecule has 11 nitrogen and oxygen atoms in total. The Hall–Kier alpha value is -4.12. The molecule has 3 unspecified atom stereocenters. The number of rotatable bonds is 14. The fourth-order valence-electron chi connectivity index (χ4n) is 4.21. The van der Waals surface area contributed by atoms with E-state index in [9.17, 15) is 24.3 Å². The molecule has 2 rings (SSSR count). The number of benzene rings is 2. The van der Waals surface area contributed by atoms with E-state index in [1.807, 2.05) is 60.7 Å². The first-order chi connectivity index (χ1) is 20.6. The van der Waals surface area contributed by atoms with Crippen LogP contribution in [0.5, 0.6) is 0 Å². The lowest BCUT2D eigenvalue weighted by Crippen LogP contribution is -2.52. The van der Waals surface area contributed by atoms with Gasteiger partial charge in [-0.3, -0.25) is 9.59 Å². The zero-order valence-electron chi connectivity index (χ0n) is 26.6. The summed E-state index contributed by atoms with van der Waals surface area (Å²) in [6, 6.07) is 16.2. The van der Waals surface area contributed by atoms with E-state index in [-0.39, 0.29) is 31.9 Å². The molecule has 3 atom stereocenters. The summed E-state index contributed by atoms with van der Waals surface area (Å²) < 4.78 is 10.7. The SMILES string of the molecule is CC(C)(C)OC(=O)NC(Cc1ccccc1)C(=O)NCCCC(CO)NC(=O)C(Cc1ccccc1)NC(=O)OC(C)(C)C. The number of ether oxygens (including phenoxy) is 2. The Morgan fingerprint density at radius 3 is 1.52 bits per heavy atom. The fourth-order valence-corrected chi connectivity index (χ4v) is 4.21. The quantitative estimate of drug-likeness (QED) is 0.204. The van der Waals surface area contributed by atoms with Crippen molar-refractivity contribution in [1.29, 1.82) is 0 Å². The zero-order valence-corrected chi connectivity index (χ0v) is 26.6. The van der Waals surface area contributed by atoms with Gasteiger partial charge in [-0.2, -0.15) is 0 Å². The minimum Gasteiger partial charge on any atom is -0.444 e. The molecule has 0 aliphatic carbocycles. The summed E-state index contributed by atoms with van der Waals surface area (Å²) in [7, 11) is 0. The minimum atomic E-state index is -0.932. The van der Waals surface area contributed by atoms with E-state index in [0.29, 0.717) is 12.8 Å². The third kappa shape index (κ3) is 14.9. The molecule has 2 aromatic carbocycles. The number of amides is 4. The molecule has 0 radical (unpaired) electrons. The third-order valence-corrected chi connectivity index (χ3v) is 6.18. The molecule has 0 aliphatic heterocycles. The Balaban J connectivity index is 1.96. The van der Waals surface area contributed by atoms with Gasteiger partial charge in [0.25, 0.3) is 0 Å². The number of nitrogens with one attached hydrogen (secondary N) is 4. The van der Waals surface area contributed by atoms with Gasteiger partial charge in [0.2, 0.25) is 11.8 Å². The van der Waals surface area contributed by atoms with Gasteiger partial charge in [-0.1, -0.05) is 60.7 Å². The lowest BCUT2D eigenvalue weighted by molar-refractivity contribution is -0.124. The molecule has 44 heavy (non-hydrogen) atoms. The van der Waals surface area contributed by atoms with Crippen molar-refractivity contribution in [1.82, 2.24) is 21.3 Å². The molecule has 0 heterocycles. The molecular formula is C33H48N4O7. The van der Waals surface area contributed by atoms with Crippen molar-refractivity contribution in [3.05, 3.63) is 71.8 Å². The van der Waals surface area contributed by atoms with Crippen molar-refractivity contribution in [2.24, 2.45) is 0 Å².